The minimum Gasteiger partial charge on any atom is -0.481 e. The van der Waals surface area contributed by atoms with Crippen molar-refractivity contribution in [1.82, 2.24) is 6.15 Å². The number of allylic oxidation sites excluding steroid dienone is 2. The maximum Gasteiger partial charge on any atom is 0.312 e. The average Bonchev–Trinajstić information content (AvgIpc) is 1.85. The quantitative estimate of drug-likeness (QED) is 0.539. The van der Waals surface area contributed by atoms with Gasteiger partial charge in [0.2, 0.25) is 0 Å². The molecule has 4 heteroatoms. The zero-order valence-corrected chi connectivity index (χ0v) is 7.03. The molecule has 1 rings (SSSR count). The standard InChI is InChI=1S/C8H11NO2.H3N/c1-8(9)5-3-2-4-6(8)7(10)11;/h2-6H,9H2,1H3,(H,10,11);1H3. The highest BCUT2D eigenvalue weighted by Crippen LogP contribution is 2.21. The monoisotopic (exact) mass is 170 g/mol. The predicted octanol–water partition coefficient (Wildman–Crippen LogP) is 0.693. The van der Waals surface area contributed by atoms with Crippen LogP contribution in [0.5, 0.6) is 0 Å². The third kappa shape index (κ3) is 1.93. The molecule has 68 valence electrons. The topological polar surface area (TPSA) is 98.3 Å². The molecular formula is C8H14N2O2. The van der Waals surface area contributed by atoms with Crippen molar-refractivity contribution in [3.05, 3.63) is 24.3 Å². The van der Waals surface area contributed by atoms with Crippen molar-refractivity contribution < 1.29 is 9.90 Å². The van der Waals surface area contributed by atoms with E-state index < -0.39 is 17.4 Å². The molecular weight excluding hydrogens is 156 g/mol. The predicted molar refractivity (Wildman–Crippen MR) is 47.0 cm³/mol. The second-order valence-electron chi connectivity index (χ2n) is 2.93. The van der Waals surface area contributed by atoms with E-state index in [4.69, 9.17) is 10.8 Å². The minimum absolute atomic E-state index is 0. The first-order valence-electron chi connectivity index (χ1n) is 3.42. The van der Waals surface area contributed by atoms with Gasteiger partial charge in [-0.15, -0.1) is 0 Å². The number of carboxylic acids is 1. The van der Waals surface area contributed by atoms with Gasteiger partial charge < -0.3 is 17.0 Å². The summed E-state index contributed by atoms with van der Waals surface area (Å²) in [5.74, 6) is -1.48. The maximum absolute atomic E-state index is 10.6. The zero-order chi connectivity index (χ0) is 8.48. The summed E-state index contributed by atoms with van der Waals surface area (Å²) < 4.78 is 0. The van der Waals surface area contributed by atoms with Crippen LogP contribution in [0.1, 0.15) is 6.92 Å². The van der Waals surface area contributed by atoms with E-state index in [9.17, 15) is 4.79 Å². The third-order valence-corrected chi connectivity index (χ3v) is 1.81. The van der Waals surface area contributed by atoms with Gasteiger partial charge in [-0.05, 0) is 6.92 Å². The Balaban J connectivity index is 0.00000121. The first-order chi connectivity index (χ1) is 5.04. The molecule has 0 bridgehead atoms. The van der Waals surface area contributed by atoms with Gasteiger partial charge in [0.15, 0.2) is 0 Å². The van der Waals surface area contributed by atoms with Gasteiger partial charge in [-0.1, -0.05) is 24.3 Å². The molecule has 0 heterocycles. The summed E-state index contributed by atoms with van der Waals surface area (Å²) in [6.45, 7) is 1.70. The third-order valence-electron chi connectivity index (χ3n) is 1.81. The maximum atomic E-state index is 10.6. The number of hydrogen-bond donors (Lipinski definition) is 3. The summed E-state index contributed by atoms with van der Waals surface area (Å²) in [6, 6.07) is 0. The van der Waals surface area contributed by atoms with Gasteiger partial charge in [0, 0.05) is 5.54 Å². The molecule has 0 aromatic rings. The summed E-state index contributed by atoms with van der Waals surface area (Å²) in [6.07, 6.45) is 6.76. The molecule has 0 fully saturated rings. The molecule has 0 spiro atoms. The molecule has 0 amide bonds. The number of rotatable bonds is 1. The van der Waals surface area contributed by atoms with E-state index >= 15 is 0 Å². The summed E-state index contributed by atoms with van der Waals surface area (Å²) in [4.78, 5) is 10.6. The number of carboxylic acid groups (broad SMARTS) is 1. The van der Waals surface area contributed by atoms with Crippen LogP contribution in [0.15, 0.2) is 24.3 Å². The number of carbonyl (C=O) groups is 1. The van der Waals surface area contributed by atoms with Crippen molar-refractivity contribution in [2.75, 3.05) is 0 Å². The van der Waals surface area contributed by atoms with Gasteiger partial charge in [-0.25, -0.2) is 0 Å². The van der Waals surface area contributed by atoms with Crippen LogP contribution >= 0.6 is 0 Å². The highest BCUT2D eigenvalue weighted by molar-refractivity contribution is 5.75. The van der Waals surface area contributed by atoms with E-state index in [1.807, 2.05) is 0 Å². The molecule has 0 saturated heterocycles. The van der Waals surface area contributed by atoms with E-state index in [1.165, 1.54) is 0 Å². The van der Waals surface area contributed by atoms with Crippen LogP contribution in [-0.2, 0) is 4.79 Å². The fourth-order valence-electron chi connectivity index (χ4n) is 1.10. The molecule has 4 nitrogen and oxygen atoms in total. The van der Waals surface area contributed by atoms with Crippen molar-refractivity contribution in [3.8, 4) is 0 Å². The Morgan fingerprint density at radius 3 is 2.50 bits per heavy atom. The Bertz CT molecular complexity index is 231. The molecule has 0 aromatic heterocycles. The SMILES string of the molecule is CC1(N)C=CC=CC1C(=O)O.N. The van der Waals surface area contributed by atoms with Gasteiger partial charge in [0.25, 0.3) is 0 Å². The highest BCUT2D eigenvalue weighted by Gasteiger charge is 2.32. The van der Waals surface area contributed by atoms with E-state index in [1.54, 1.807) is 31.2 Å². The van der Waals surface area contributed by atoms with Crippen LogP contribution in [0.25, 0.3) is 0 Å². The van der Waals surface area contributed by atoms with Gasteiger partial charge in [0.05, 0.1) is 5.92 Å². The van der Waals surface area contributed by atoms with E-state index in [0.29, 0.717) is 0 Å². The second kappa shape index (κ2) is 3.51. The lowest BCUT2D eigenvalue weighted by atomic mass is 9.83. The Morgan fingerprint density at radius 1 is 1.58 bits per heavy atom. The minimum atomic E-state index is -0.879. The van der Waals surface area contributed by atoms with Crippen LogP contribution in [0.3, 0.4) is 0 Å². The molecule has 1 aliphatic rings. The van der Waals surface area contributed by atoms with Gasteiger partial charge in [-0.2, -0.15) is 0 Å². The summed E-state index contributed by atoms with van der Waals surface area (Å²) in [5, 5.41) is 8.71. The molecule has 0 saturated carbocycles. The molecule has 1 aliphatic carbocycles. The van der Waals surface area contributed by atoms with Crippen LogP contribution in [0, 0.1) is 5.92 Å². The van der Waals surface area contributed by atoms with Gasteiger partial charge >= 0.3 is 5.97 Å². The number of nitrogens with two attached hydrogens (primary N) is 1. The van der Waals surface area contributed by atoms with Gasteiger partial charge in [0.1, 0.15) is 0 Å². The molecule has 2 unspecified atom stereocenters. The summed E-state index contributed by atoms with van der Waals surface area (Å²) in [7, 11) is 0. The molecule has 0 radical (unpaired) electrons. The van der Waals surface area contributed by atoms with Crippen LogP contribution < -0.4 is 11.9 Å². The fourth-order valence-corrected chi connectivity index (χ4v) is 1.10. The average molecular weight is 170 g/mol. The fraction of sp³-hybridized carbons (Fsp3) is 0.375. The van der Waals surface area contributed by atoms with Crippen molar-refractivity contribution in [1.29, 1.82) is 0 Å². The Kier molecular flexibility index (Phi) is 3.18. The molecule has 0 aromatic carbocycles. The van der Waals surface area contributed by atoms with Crippen molar-refractivity contribution in [3.63, 3.8) is 0 Å². The lowest BCUT2D eigenvalue weighted by molar-refractivity contribution is -0.141. The van der Waals surface area contributed by atoms with Crippen molar-refractivity contribution in [2.24, 2.45) is 11.7 Å². The highest BCUT2D eigenvalue weighted by atomic mass is 16.4. The number of aliphatic carboxylic acids is 1. The van der Waals surface area contributed by atoms with E-state index in [-0.39, 0.29) is 6.15 Å². The van der Waals surface area contributed by atoms with Crippen LogP contribution in [0.4, 0.5) is 0 Å². The van der Waals surface area contributed by atoms with Crippen LogP contribution in [-0.4, -0.2) is 16.6 Å². The lowest BCUT2D eigenvalue weighted by Crippen LogP contribution is -2.46. The normalized spacial score (nSPS) is 32.7. The van der Waals surface area contributed by atoms with Crippen molar-refractivity contribution in [2.45, 2.75) is 12.5 Å². The number of hydrogen-bond acceptors (Lipinski definition) is 3. The van der Waals surface area contributed by atoms with Gasteiger partial charge in [-0.3, -0.25) is 4.79 Å². The summed E-state index contributed by atoms with van der Waals surface area (Å²) >= 11 is 0. The Hall–Kier alpha value is -1.13. The Labute approximate surface area is 71.3 Å². The summed E-state index contributed by atoms with van der Waals surface area (Å²) in [5.41, 5.74) is 4.95. The smallest absolute Gasteiger partial charge is 0.312 e. The van der Waals surface area contributed by atoms with E-state index in [0.717, 1.165) is 0 Å². The lowest BCUT2D eigenvalue weighted by Gasteiger charge is -2.27. The van der Waals surface area contributed by atoms with E-state index in [2.05, 4.69) is 0 Å². The first kappa shape index (κ1) is 10.9. The molecule has 0 aliphatic heterocycles. The van der Waals surface area contributed by atoms with Crippen LogP contribution in [0.2, 0.25) is 0 Å². The second-order valence-corrected chi connectivity index (χ2v) is 2.93. The molecule has 2 atom stereocenters. The zero-order valence-electron chi connectivity index (χ0n) is 7.03. The Morgan fingerprint density at radius 2 is 2.17 bits per heavy atom. The molecule has 6 N–H and O–H groups in total. The largest absolute Gasteiger partial charge is 0.481 e. The molecule has 12 heavy (non-hydrogen) atoms. The van der Waals surface area contributed by atoms with Crippen molar-refractivity contribution >= 4 is 5.97 Å². The first-order valence-corrected chi connectivity index (χ1v) is 3.42.